The average molecular weight is 410 g/mol. The zero-order chi connectivity index (χ0) is 18.0. The van der Waals surface area contributed by atoms with E-state index >= 15 is 0 Å². The predicted molar refractivity (Wildman–Crippen MR) is 78.4 cm³/mol. The number of nitrogens with zero attached hydrogens (tertiary/aromatic N) is 1. The molecule has 0 N–H and O–H groups in total. The lowest BCUT2D eigenvalue weighted by Gasteiger charge is -2.31. The Kier molecular flexibility index (Phi) is 5.50. The summed E-state index contributed by atoms with van der Waals surface area (Å²) in [5.74, 6) is -5.84. The van der Waals surface area contributed by atoms with Crippen molar-refractivity contribution in [3.05, 3.63) is 39.3 Å². The van der Waals surface area contributed by atoms with Gasteiger partial charge < -0.3 is 19.1 Å². The van der Waals surface area contributed by atoms with E-state index in [1.807, 2.05) is 0 Å². The van der Waals surface area contributed by atoms with Crippen molar-refractivity contribution < 1.29 is 37.0 Å². The number of hydrogen-bond acceptors (Lipinski definition) is 6. The Morgan fingerprint density at radius 2 is 1.79 bits per heavy atom. The molecule has 0 unspecified atom stereocenters. The number of halogens is 4. The standard InChI is InChI=1S/C14H11BrF3NO5/c1-22-13(20)6-4-24-5-19(12(6)14(21)23-2)8-3-7(16)10(17)9(15)11(8)18/h3H,4-5H2,1-2H3. The van der Waals surface area contributed by atoms with Gasteiger partial charge in [0.25, 0.3) is 0 Å². The number of anilines is 1. The van der Waals surface area contributed by atoms with Gasteiger partial charge in [-0.05, 0) is 15.9 Å². The maximum absolute atomic E-state index is 14.3. The molecule has 1 aromatic rings. The summed E-state index contributed by atoms with van der Waals surface area (Å²) in [6, 6.07) is 0.544. The van der Waals surface area contributed by atoms with E-state index in [-0.39, 0.29) is 24.6 Å². The largest absolute Gasteiger partial charge is 0.466 e. The van der Waals surface area contributed by atoms with Gasteiger partial charge >= 0.3 is 11.9 Å². The van der Waals surface area contributed by atoms with Gasteiger partial charge in [-0.3, -0.25) is 0 Å². The Labute approximate surface area is 142 Å². The highest BCUT2D eigenvalue weighted by Crippen LogP contribution is 2.34. The highest BCUT2D eigenvalue weighted by Gasteiger charge is 2.34. The van der Waals surface area contributed by atoms with Crippen molar-refractivity contribution >= 4 is 33.6 Å². The molecule has 1 aliphatic rings. The third-order valence-electron chi connectivity index (χ3n) is 3.21. The van der Waals surface area contributed by atoms with Gasteiger partial charge in [-0.2, -0.15) is 0 Å². The molecule has 0 bridgehead atoms. The predicted octanol–water partition coefficient (Wildman–Crippen LogP) is 2.26. The second kappa shape index (κ2) is 7.22. The van der Waals surface area contributed by atoms with Crippen molar-refractivity contribution in [3.63, 3.8) is 0 Å². The summed E-state index contributed by atoms with van der Waals surface area (Å²) < 4.78 is 54.9. The van der Waals surface area contributed by atoms with Crippen LogP contribution in [0.15, 0.2) is 21.8 Å². The van der Waals surface area contributed by atoms with Gasteiger partial charge in [0.1, 0.15) is 12.4 Å². The van der Waals surface area contributed by atoms with E-state index in [4.69, 9.17) is 4.74 Å². The molecule has 6 nitrogen and oxygen atoms in total. The SMILES string of the molecule is COC(=O)C1=C(C(=O)OC)N(c2cc(F)c(F)c(Br)c2F)COC1. The Balaban J connectivity index is 2.68. The molecule has 1 aliphatic heterocycles. The van der Waals surface area contributed by atoms with Crippen molar-refractivity contribution in [2.24, 2.45) is 0 Å². The molecular weight excluding hydrogens is 399 g/mol. The molecule has 0 atom stereocenters. The van der Waals surface area contributed by atoms with E-state index in [1.54, 1.807) is 0 Å². The lowest BCUT2D eigenvalue weighted by molar-refractivity contribution is -0.140. The minimum Gasteiger partial charge on any atom is -0.466 e. The molecule has 0 aliphatic carbocycles. The lowest BCUT2D eigenvalue weighted by Crippen LogP contribution is -2.39. The van der Waals surface area contributed by atoms with Crippen LogP contribution in [0, 0.1) is 17.5 Å². The van der Waals surface area contributed by atoms with Crippen molar-refractivity contribution in [1.82, 2.24) is 0 Å². The molecule has 0 fully saturated rings. The maximum Gasteiger partial charge on any atom is 0.355 e. The molecule has 0 saturated carbocycles. The normalized spacial score (nSPS) is 14.7. The van der Waals surface area contributed by atoms with Gasteiger partial charge in [0.05, 0.1) is 36.6 Å². The van der Waals surface area contributed by atoms with E-state index in [1.165, 1.54) is 0 Å². The summed E-state index contributed by atoms with van der Waals surface area (Å²) in [5.41, 5.74) is -1.13. The van der Waals surface area contributed by atoms with Crippen LogP contribution in [0.2, 0.25) is 0 Å². The van der Waals surface area contributed by atoms with E-state index in [0.29, 0.717) is 6.07 Å². The quantitative estimate of drug-likeness (QED) is 0.433. The Bertz CT molecular complexity index is 738. The summed E-state index contributed by atoms with van der Waals surface area (Å²) in [5, 5.41) is 0. The second-order valence-electron chi connectivity index (χ2n) is 4.54. The first kappa shape index (κ1) is 18.3. The molecule has 130 valence electrons. The van der Waals surface area contributed by atoms with Gasteiger partial charge in [0.15, 0.2) is 17.5 Å². The number of methoxy groups -OCH3 is 2. The van der Waals surface area contributed by atoms with Gasteiger partial charge in [0.2, 0.25) is 0 Å². The highest BCUT2D eigenvalue weighted by molar-refractivity contribution is 9.10. The van der Waals surface area contributed by atoms with Crippen molar-refractivity contribution in [1.29, 1.82) is 0 Å². The molecule has 2 rings (SSSR count). The number of carbonyl (C=O) groups excluding carboxylic acids is 2. The number of hydrogen-bond donors (Lipinski definition) is 0. The molecular formula is C14H11BrF3NO5. The zero-order valence-electron chi connectivity index (χ0n) is 12.5. The van der Waals surface area contributed by atoms with Crippen LogP contribution in [0.25, 0.3) is 0 Å². The van der Waals surface area contributed by atoms with Gasteiger partial charge in [0, 0.05) is 6.07 Å². The Morgan fingerprint density at radius 1 is 1.17 bits per heavy atom. The van der Waals surface area contributed by atoms with Crippen LogP contribution in [0.3, 0.4) is 0 Å². The number of carbonyl (C=O) groups is 2. The maximum atomic E-state index is 14.3. The van der Waals surface area contributed by atoms with E-state index < -0.39 is 39.6 Å². The third kappa shape index (κ3) is 3.11. The number of esters is 2. The Morgan fingerprint density at radius 3 is 2.38 bits per heavy atom. The van der Waals surface area contributed by atoms with E-state index in [0.717, 1.165) is 19.1 Å². The van der Waals surface area contributed by atoms with Crippen molar-refractivity contribution in [3.8, 4) is 0 Å². The molecule has 1 aromatic carbocycles. The molecule has 0 amide bonds. The summed E-state index contributed by atoms with van der Waals surface area (Å²) in [6.07, 6.45) is 0. The number of benzene rings is 1. The monoisotopic (exact) mass is 409 g/mol. The van der Waals surface area contributed by atoms with Crippen LogP contribution in [0.5, 0.6) is 0 Å². The zero-order valence-corrected chi connectivity index (χ0v) is 14.1. The fraction of sp³-hybridized carbons (Fsp3) is 0.286. The fourth-order valence-electron chi connectivity index (χ4n) is 2.09. The molecule has 0 saturated heterocycles. The van der Waals surface area contributed by atoms with Crippen LogP contribution in [0.1, 0.15) is 0 Å². The summed E-state index contributed by atoms with van der Waals surface area (Å²) in [7, 11) is 2.13. The van der Waals surface area contributed by atoms with Gasteiger partial charge in [-0.25, -0.2) is 22.8 Å². The summed E-state index contributed by atoms with van der Waals surface area (Å²) >= 11 is 2.60. The molecule has 10 heteroatoms. The smallest absolute Gasteiger partial charge is 0.355 e. The third-order valence-corrected chi connectivity index (χ3v) is 3.90. The van der Waals surface area contributed by atoms with Crippen LogP contribution in [-0.2, 0) is 23.8 Å². The minimum absolute atomic E-state index is 0.240. The first-order valence-corrected chi connectivity index (χ1v) is 7.20. The Hall–Kier alpha value is -2.07. The molecule has 0 radical (unpaired) electrons. The van der Waals surface area contributed by atoms with Crippen molar-refractivity contribution in [2.45, 2.75) is 0 Å². The molecule has 0 aromatic heterocycles. The molecule has 1 heterocycles. The van der Waals surface area contributed by atoms with E-state index in [9.17, 15) is 22.8 Å². The number of rotatable bonds is 3. The van der Waals surface area contributed by atoms with Gasteiger partial charge in [-0.1, -0.05) is 0 Å². The summed E-state index contributed by atoms with van der Waals surface area (Å²) in [6.45, 7) is -0.681. The lowest BCUT2D eigenvalue weighted by atomic mass is 10.1. The van der Waals surface area contributed by atoms with Gasteiger partial charge in [-0.15, -0.1) is 0 Å². The van der Waals surface area contributed by atoms with Crippen LogP contribution in [0.4, 0.5) is 18.9 Å². The molecule has 0 spiro atoms. The minimum atomic E-state index is -1.43. The first-order valence-electron chi connectivity index (χ1n) is 6.41. The number of ether oxygens (including phenoxy) is 3. The fourth-order valence-corrected chi connectivity index (χ4v) is 2.48. The van der Waals surface area contributed by atoms with Crippen LogP contribution >= 0.6 is 15.9 Å². The first-order chi connectivity index (χ1) is 11.3. The van der Waals surface area contributed by atoms with Crippen LogP contribution in [-0.4, -0.2) is 39.5 Å². The molecule has 24 heavy (non-hydrogen) atoms. The average Bonchev–Trinajstić information content (AvgIpc) is 2.60. The topological polar surface area (TPSA) is 65.1 Å². The van der Waals surface area contributed by atoms with Crippen LogP contribution < -0.4 is 4.90 Å². The van der Waals surface area contributed by atoms with Crippen molar-refractivity contribution in [2.75, 3.05) is 32.5 Å². The second-order valence-corrected chi connectivity index (χ2v) is 5.33. The summed E-state index contributed by atoms with van der Waals surface area (Å²) in [4.78, 5) is 24.7. The van der Waals surface area contributed by atoms with E-state index in [2.05, 4.69) is 25.4 Å². The highest BCUT2D eigenvalue weighted by atomic mass is 79.9.